The number of nitrogens with zero attached hydrogens (tertiary/aromatic N) is 4. The second-order valence-corrected chi connectivity index (χ2v) is 6.13. The molecule has 2 heterocycles. The van der Waals surface area contributed by atoms with Crippen molar-refractivity contribution in [2.45, 2.75) is 39.2 Å². The molecular weight excluding hydrogens is 334 g/mol. The summed E-state index contributed by atoms with van der Waals surface area (Å²) in [7, 11) is 1.61. The average Bonchev–Trinajstić information content (AvgIpc) is 3.12. The number of esters is 1. The summed E-state index contributed by atoms with van der Waals surface area (Å²) in [5.41, 5.74) is 2.07. The number of unbranched alkanes of at least 4 members (excludes halogenated alkanes) is 2. The first-order valence-corrected chi connectivity index (χ1v) is 8.72. The Morgan fingerprint density at radius 2 is 2.04 bits per heavy atom. The van der Waals surface area contributed by atoms with Crippen LogP contribution in [0.25, 0.3) is 0 Å². The maximum atomic E-state index is 12.8. The zero-order chi connectivity index (χ0) is 18.5. The number of allylic oxidation sites excluding steroid dienone is 1. The number of nitrogens with one attached hydrogen (secondary N) is 1. The Kier molecular flexibility index (Phi) is 5.50. The molecule has 3 rings (SSSR count). The van der Waals surface area contributed by atoms with Gasteiger partial charge in [-0.25, -0.2) is 4.79 Å². The fourth-order valence-electron chi connectivity index (χ4n) is 2.97. The quantitative estimate of drug-likeness (QED) is 0.602. The number of rotatable bonds is 7. The monoisotopic (exact) mass is 357 g/mol. The van der Waals surface area contributed by atoms with Gasteiger partial charge in [-0.15, -0.1) is 0 Å². The Morgan fingerprint density at radius 1 is 1.27 bits per heavy atom. The number of hydrogen-bond donors (Lipinski definition) is 1. The molecule has 0 bridgehead atoms. The van der Waals surface area contributed by atoms with Gasteiger partial charge >= 0.3 is 5.97 Å². The molecule has 0 saturated carbocycles. The number of methoxy groups -OCH3 is 1. The first-order valence-electron chi connectivity index (χ1n) is 8.72. The lowest BCUT2D eigenvalue weighted by Gasteiger charge is -2.27. The van der Waals surface area contributed by atoms with Crippen molar-refractivity contribution < 1.29 is 14.3 Å². The van der Waals surface area contributed by atoms with E-state index in [0.717, 1.165) is 30.6 Å². The molecule has 0 saturated heterocycles. The zero-order valence-electron chi connectivity index (χ0n) is 15.2. The highest BCUT2D eigenvalue weighted by Crippen LogP contribution is 2.35. The molecule has 1 atom stereocenters. The maximum absolute atomic E-state index is 12.8. The van der Waals surface area contributed by atoms with Gasteiger partial charge in [-0.05, 0) is 41.5 Å². The highest BCUT2D eigenvalue weighted by Gasteiger charge is 2.34. The molecule has 1 aromatic carbocycles. The third kappa shape index (κ3) is 3.54. The molecule has 1 aromatic heterocycles. The predicted octanol–water partition coefficient (Wildman–Crippen LogP) is 2.70. The van der Waals surface area contributed by atoms with E-state index in [1.165, 1.54) is 0 Å². The van der Waals surface area contributed by atoms with Crippen molar-refractivity contribution >= 4 is 11.9 Å². The first-order chi connectivity index (χ1) is 12.7. The van der Waals surface area contributed by atoms with Gasteiger partial charge in [-0.3, -0.25) is 0 Å². The fraction of sp³-hybridized carbons (Fsp3) is 0.444. The molecule has 0 amide bonds. The van der Waals surface area contributed by atoms with Crippen molar-refractivity contribution in [1.82, 2.24) is 20.2 Å². The summed E-state index contributed by atoms with van der Waals surface area (Å²) in [5, 5.41) is 14.8. The third-order valence-corrected chi connectivity index (χ3v) is 4.35. The van der Waals surface area contributed by atoms with E-state index >= 15 is 0 Å². The van der Waals surface area contributed by atoms with E-state index in [0.29, 0.717) is 23.8 Å². The van der Waals surface area contributed by atoms with E-state index in [2.05, 4.69) is 27.8 Å². The lowest BCUT2D eigenvalue weighted by molar-refractivity contribution is -0.139. The molecule has 0 radical (unpaired) electrons. The van der Waals surface area contributed by atoms with E-state index in [-0.39, 0.29) is 5.97 Å². The fourth-order valence-corrected chi connectivity index (χ4v) is 2.97. The van der Waals surface area contributed by atoms with Crippen LogP contribution in [0.3, 0.4) is 0 Å². The number of fused-ring (bicyclic) bond motifs is 1. The molecule has 8 nitrogen and oxygen atoms in total. The summed E-state index contributed by atoms with van der Waals surface area (Å²) < 4.78 is 12.3. The Morgan fingerprint density at radius 3 is 2.73 bits per heavy atom. The SMILES string of the molecule is CCCCCOC(=O)C1=C(C)Nc2nnnn2C1c1ccc(OC)cc1. The van der Waals surface area contributed by atoms with Gasteiger partial charge in [0.1, 0.15) is 11.8 Å². The Labute approximate surface area is 152 Å². The highest BCUT2D eigenvalue weighted by atomic mass is 16.5. The van der Waals surface area contributed by atoms with Crippen molar-refractivity contribution in [2.75, 3.05) is 19.0 Å². The van der Waals surface area contributed by atoms with Crippen LogP contribution in [0.1, 0.15) is 44.7 Å². The molecule has 8 heteroatoms. The van der Waals surface area contributed by atoms with Crippen LogP contribution in [0.15, 0.2) is 35.5 Å². The van der Waals surface area contributed by atoms with Gasteiger partial charge in [-0.1, -0.05) is 37.0 Å². The summed E-state index contributed by atoms with van der Waals surface area (Å²) in [6, 6.07) is 7.04. The van der Waals surface area contributed by atoms with E-state index in [1.807, 2.05) is 31.2 Å². The number of benzene rings is 1. The van der Waals surface area contributed by atoms with Crippen molar-refractivity contribution in [1.29, 1.82) is 0 Å². The highest BCUT2D eigenvalue weighted by molar-refractivity contribution is 5.92. The van der Waals surface area contributed by atoms with Crippen LogP contribution in [0.4, 0.5) is 5.95 Å². The van der Waals surface area contributed by atoms with Gasteiger partial charge < -0.3 is 14.8 Å². The second-order valence-electron chi connectivity index (χ2n) is 6.13. The molecule has 1 unspecified atom stereocenters. The van der Waals surface area contributed by atoms with Gasteiger partial charge in [0.25, 0.3) is 0 Å². The minimum atomic E-state index is -0.453. The summed E-state index contributed by atoms with van der Waals surface area (Å²) in [4.78, 5) is 12.8. The van der Waals surface area contributed by atoms with Crippen LogP contribution in [0, 0.1) is 0 Å². The van der Waals surface area contributed by atoms with Crippen molar-refractivity contribution in [3.8, 4) is 5.75 Å². The Balaban J connectivity index is 1.92. The lowest BCUT2D eigenvalue weighted by Crippen LogP contribution is -2.29. The molecular formula is C18H23N5O3. The second kappa shape index (κ2) is 7.99. The number of ether oxygens (including phenoxy) is 2. The minimum Gasteiger partial charge on any atom is -0.497 e. The van der Waals surface area contributed by atoms with Crippen LogP contribution in [0.2, 0.25) is 0 Å². The van der Waals surface area contributed by atoms with Crippen molar-refractivity contribution in [2.24, 2.45) is 0 Å². The number of anilines is 1. The largest absolute Gasteiger partial charge is 0.497 e. The van der Waals surface area contributed by atoms with Crippen LogP contribution in [-0.4, -0.2) is 39.9 Å². The normalized spacial score (nSPS) is 16.0. The van der Waals surface area contributed by atoms with Crippen molar-refractivity contribution in [3.05, 3.63) is 41.1 Å². The number of carbonyl (C=O) groups excluding carboxylic acids is 1. The Hall–Kier alpha value is -2.90. The molecule has 26 heavy (non-hydrogen) atoms. The standard InChI is InChI=1S/C18H23N5O3/c1-4-5-6-11-26-17(24)15-12(2)19-18-20-21-22-23(18)16(15)13-7-9-14(25-3)10-8-13/h7-10,16H,4-6,11H2,1-3H3,(H,19,20,22). The first kappa shape index (κ1) is 17.9. The van der Waals surface area contributed by atoms with Gasteiger partial charge in [-0.2, -0.15) is 4.68 Å². The summed E-state index contributed by atoms with van der Waals surface area (Å²) in [6.07, 6.45) is 2.96. The minimum absolute atomic E-state index is 0.354. The third-order valence-electron chi connectivity index (χ3n) is 4.35. The van der Waals surface area contributed by atoms with Crippen LogP contribution < -0.4 is 10.1 Å². The van der Waals surface area contributed by atoms with Gasteiger partial charge in [0.15, 0.2) is 0 Å². The van der Waals surface area contributed by atoms with Gasteiger partial charge in [0.05, 0.1) is 19.3 Å². The lowest BCUT2D eigenvalue weighted by atomic mass is 9.96. The molecule has 138 valence electrons. The van der Waals surface area contributed by atoms with E-state index < -0.39 is 6.04 Å². The van der Waals surface area contributed by atoms with Crippen LogP contribution in [-0.2, 0) is 9.53 Å². The topological polar surface area (TPSA) is 91.2 Å². The number of hydrogen-bond acceptors (Lipinski definition) is 7. The maximum Gasteiger partial charge on any atom is 0.338 e. The molecule has 0 fully saturated rings. The number of tetrazole rings is 1. The van der Waals surface area contributed by atoms with E-state index in [9.17, 15) is 4.79 Å². The summed E-state index contributed by atoms with van der Waals surface area (Å²) in [5.74, 6) is 0.878. The smallest absolute Gasteiger partial charge is 0.338 e. The molecule has 1 N–H and O–H groups in total. The molecule has 0 spiro atoms. The molecule has 2 aromatic rings. The van der Waals surface area contributed by atoms with Gasteiger partial charge in [0, 0.05) is 5.70 Å². The average molecular weight is 357 g/mol. The molecule has 1 aliphatic heterocycles. The predicted molar refractivity (Wildman–Crippen MR) is 95.8 cm³/mol. The molecule has 1 aliphatic rings. The van der Waals surface area contributed by atoms with Crippen LogP contribution in [0.5, 0.6) is 5.75 Å². The van der Waals surface area contributed by atoms with Gasteiger partial charge in [0.2, 0.25) is 5.95 Å². The number of carbonyl (C=O) groups is 1. The molecule has 0 aliphatic carbocycles. The van der Waals surface area contributed by atoms with E-state index in [1.54, 1.807) is 11.8 Å². The summed E-state index contributed by atoms with van der Waals surface area (Å²) >= 11 is 0. The van der Waals surface area contributed by atoms with Crippen LogP contribution >= 0.6 is 0 Å². The number of aromatic nitrogens is 4. The zero-order valence-corrected chi connectivity index (χ0v) is 15.2. The summed E-state index contributed by atoms with van der Waals surface area (Å²) in [6.45, 7) is 4.34. The van der Waals surface area contributed by atoms with Crippen molar-refractivity contribution in [3.63, 3.8) is 0 Å². The van der Waals surface area contributed by atoms with E-state index in [4.69, 9.17) is 9.47 Å². The Bertz CT molecular complexity index is 797.